The highest BCUT2D eigenvalue weighted by Gasteiger charge is 2.48. The predicted octanol–water partition coefficient (Wildman–Crippen LogP) is 1.78. The molecular weight excluding hydrogens is 232 g/mol. The molecular formula is C13H26N2OS. The second-order valence-corrected chi connectivity index (χ2v) is 6.73. The minimum Gasteiger partial charge on any atom is -0.378 e. The Morgan fingerprint density at radius 1 is 1.12 bits per heavy atom. The Balaban J connectivity index is 1.99. The van der Waals surface area contributed by atoms with Crippen molar-refractivity contribution in [2.45, 2.75) is 57.7 Å². The number of nitrogens with zero attached hydrogens (tertiary/aromatic N) is 2. The summed E-state index contributed by atoms with van der Waals surface area (Å²) in [6, 6.07) is 0.450. The average molecular weight is 258 g/mol. The fraction of sp³-hybridized carbons (Fsp3) is 1.00. The van der Waals surface area contributed by atoms with Gasteiger partial charge in [-0.05, 0) is 53.1 Å². The van der Waals surface area contributed by atoms with Crippen LogP contribution in [0.4, 0.5) is 0 Å². The third kappa shape index (κ3) is 2.50. The molecule has 1 spiro atoms. The minimum absolute atomic E-state index is 0.156. The van der Waals surface area contributed by atoms with Gasteiger partial charge in [0.15, 0.2) is 0 Å². The molecule has 3 nitrogen and oxygen atoms in total. The molecule has 4 heteroatoms. The molecule has 2 unspecified atom stereocenters. The van der Waals surface area contributed by atoms with E-state index in [-0.39, 0.29) is 11.6 Å². The van der Waals surface area contributed by atoms with Gasteiger partial charge >= 0.3 is 0 Å². The first-order valence-electron chi connectivity index (χ1n) is 6.82. The number of aliphatic hydroxyl groups is 1. The highest BCUT2D eigenvalue weighted by Crippen LogP contribution is 2.45. The second-order valence-electron chi connectivity index (χ2n) is 5.99. The lowest BCUT2D eigenvalue weighted by molar-refractivity contribution is -0.0779. The summed E-state index contributed by atoms with van der Waals surface area (Å²) in [7, 11) is 0. The first-order chi connectivity index (χ1) is 7.96. The maximum atomic E-state index is 10.5. The summed E-state index contributed by atoms with van der Waals surface area (Å²) in [5, 5.41) is 10.9. The van der Waals surface area contributed by atoms with Crippen LogP contribution in [0, 0.1) is 5.41 Å². The van der Waals surface area contributed by atoms with E-state index in [4.69, 9.17) is 0 Å². The summed E-state index contributed by atoms with van der Waals surface area (Å²) in [5.41, 5.74) is 0.156. The van der Waals surface area contributed by atoms with Crippen molar-refractivity contribution in [3.63, 3.8) is 0 Å². The van der Waals surface area contributed by atoms with Gasteiger partial charge < -0.3 is 5.11 Å². The first kappa shape index (κ1) is 13.7. The summed E-state index contributed by atoms with van der Waals surface area (Å²) < 4.78 is 0. The van der Waals surface area contributed by atoms with E-state index in [1.807, 2.05) is 0 Å². The number of piperidine rings is 1. The van der Waals surface area contributed by atoms with Crippen molar-refractivity contribution in [2.24, 2.45) is 5.41 Å². The summed E-state index contributed by atoms with van der Waals surface area (Å²) in [6.45, 7) is 9.68. The highest BCUT2D eigenvalue weighted by atomic mass is 32.1. The Kier molecular flexibility index (Phi) is 4.08. The Morgan fingerprint density at radius 2 is 1.65 bits per heavy atom. The summed E-state index contributed by atoms with van der Waals surface area (Å²) in [6.07, 6.45) is 3.14. The van der Waals surface area contributed by atoms with Gasteiger partial charge in [0.25, 0.3) is 0 Å². The van der Waals surface area contributed by atoms with E-state index in [9.17, 15) is 5.11 Å². The van der Waals surface area contributed by atoms with Crippen LogP contribution in [0.25, 0.3) is 0 Å². The van der Waals surface area contributed by atoms with Gasteiger partial charge in [0.2, 0.25) is 0 Å². The molecule has 0 aliphatic carbocycles. The molecule has 0 amide bonds. The van der Waals surface area contributed by atoms with E-state index in [0.29, 0.717) is 11.4 Å². The van der Waals surface area contributed by atoms with Crippen molar-refractivity contribution >= 4 is 12.6 Å². The Bertz CT molecular complexity index is 262. The van der Waals surface area contributed by atoms with Crippen LogP contribution in [0.3, 0.4) is 0 Å². The van der Waals surface area contributed by atoms with E-state index < -0.39 is 0 Å². The number of hydrogen-bond donors (Lipinski definition) is 2. The molecule has 0 aromatic heterocycles. The van der Waals surface area contributed by atoms with E-state index in [1.54, 1.807) is 0 Å². The maximum Gasteiger partial charge on any atom is 0.113 e. The van der Waals surface area contributed by atoms with Crippen molar-refractivity contribution < 1.29 is 5.11 Å². The standard InChI is InChI=1S/C13H26N2OS/c1-10(2)15-9-6-13(12(15)16)4-7-14(8-5-13)11(3)17/h10-12,16-17H,4-9H2,1-3H3. The first-order valence-corrected chi connectivity index (χ1v) is 7.34. The van der Waals surface area contributed by atoms with E-state index in [2.05, 4.69) is 43.2 Å². The lowest BCUT2D eigenvalue weighted by Gasteiger charge is -2.43. The van der Waals surface area contributed by atoms with Crippen LogP contribution in [0.5, 0.6) is 0 Å². The fourth-order valence-corrected chi connectivity index (χ4v) is 3.58. The van der Waals surface area contributed by atoms with Crippen LogP contribution in [-0.2, 0) is 0 Å². The highest BCUT2D eigenvalue weighted by molar-refractivity contribution is 7.80. The zero-order chi connectivity index (χ0) is 12.6. The lowest BCUT2D eigenvalue weighted by Crippen LogP contribution is -2.49. The number of aliphatic hydroxyl groups excluding tert-OH is 1. The van der Waals surface area contributed by atoms with Crippen LogP contribution >= 0.6 is 12.6 Å². The molecule has 2 rings (SSSR count). The van der Waals surface area contributed by atoms with Crippen molar-refractivity contribution in [2.75, 3.05) is 19.6 Å². The van der Waals surface area contributed by atoms with Crippen LogP contribution in [0.15, 0.2) is 0 Å². The van der Waals surface area contributed by atoms with Gasteiger partial charge in [-0.2, -0.15) is 12.6 Å². The molecule has 2 heterocycles. The zero-order valence-corrected chi connectivity index (χ0v) is 12.2. The van der Waals surface area contributed by atoms with Crippen LogP contribution in [0.2, 0.25) is 0 Å². The normalized spacial score (nSPS) is 32.5. The molecule has 100 valence electrons. The zero-order valence-electron chi connectivity index (χ0n) is 11.3. The van der Waals surface area contributed by atoms with Crippen LogP contribution < -0.4 is 0 Å². The number of rotatable bonds is 2. The Hall–Kier alpha value is 0.230. The average Bonchev–Trinajstić information content (AvgIpc) is 2.58. The van der Waals surface area contributed by atoms with Crippen molar-refractivity contribution in [1.82, 2.24) is 9.80 Å². The number of likely N-dealkylation sites (tertiary alicyclic amines) is 2. The van der Waals surface area contributed by atoms with Gasteiger partial charge in [0, 0.05) is 23.4 Å². The van der Waals surface area contributed by atoms with Gasteiger partial charge in [-0.3, -0.25) is 9.80 Å². The fourth-order valence-electron chi connectivity index (χ4n) is 3.35. The maximum absolute atomic E-state index is 10.5. The quantitative estimate of drug-likeness (QED) is 0.739. The van der Waals surface area contributed by atoms with Crippen molar-refractivity contribution in [3.05, 3.63) is 0 Å². The molecule has 2 saturated heterocycles. The third-order valence-corrected chi connectivity index (χ3v) is 5.04. The predicted molar refractivity (Wildman–Crippen MR) is 74.2 cm³/mol. The largest absolute Gasteiger partial charge is 0.378 e. The van der Waals surface area contributed by atoms with E-state index in [1.165, 1.54) is 0 Å². The molecule has 1 N–H and O–H groups in total. The molecule has 2 fully saturated rings. The molecule has 0 aromatic rings. The topological polar surface area (TPSA) is 26.7 Å². The smallest absolute Gasteiger partial charge is 0.113 e. The number of hydrogen-bond acceptors (Lipinski definition) is 4. The Morgan fingerprint density at radius 3 is 2.06 bits per heavy atom. The molecule has 2 aliphatic rings. The minimum atomic E-state index is -0.236. The second kappa shape index (κ2) is 5.08. The van der Waals surface area contributed by atoms with Gasteiger partial charge in [0.05, 0.1) is 0 Å². The molecule has 0 aromatic carbocycles. The van der Waals surface area contributed by atoms with Crippen molar-refractivity contribution in [3.8, 4) is 0 Å². The molecule has 2 atom stereocenters. The van der Waals surface area contributed by atoms with Gasteiger partial charge in [-0.15, -0.1) is 0 Å². The monoisotopic (exact) mass is 258 g/mol. The summed E-state index contributed by atoms with van der Waals surface area (Å²) in [4.78, 5) is 4.65. The lowest BCUT2D eigenvalue weighted by atomic mass is 9.76. The summed E-state index contributed by atoms with van der Waals surface area (Å²) >= 11 is 4.50. The summed E-state index contributed by atoms with van der Waals surface area (Å²) in [5.74, 6) is 0. The van der Waals surface area contributed by atoms with Crippen molar-refractivity contribution in [1.29, 1.82) is 0 Å². The molecule has 0 saturated carbocycles. The van der Waals surface area contributed by atoms with Crippen LogP contribution in [-0.4, -0.2) is 52.2 Å². The molecule has 2 aliphatic heterocycles. The third-order valence-electron chi connectivity index (χ3n) is 4.72. The van der Waals surface area contributed by atoms with E-state index >= 15 is 0 Å². The van der Waals surface area contributed by atoms with Gasteiger partial charge in [-0.1, -0.05) is 0 Å². The van der Waals surface area contributed by atoms with E-state index in [0.717, 1.165) is 38.9 Å². The molecule has 17 heavy (non-hydrogen) atoms. The SMILES string of the molecule is CC(S)N1CCC2(CC1)CCN(C(C)C)C2O. The van der Waals surface area contributed by atoms with Gasteiger partial charge in [0.1, 0.15) is 6.23 Å². The molecule has 0 bridgehead atoms. The molecule has 0 radical (unpaired) electrons. The number of thiol groups is 1. The Labute approximate surface area is 111 Å². The van der Waals surface area contributed by atoms with Crippen LogP contribution in [0.1, 0.15) is 40.0 Å². The van der Waals surface area contributed by atoms with Gasteiger partial charge in [-0.25, -0.2) is 0 Å².